The van der Waals surface area contributed by atoms with Crippen molar-refractivity contribution in [3.63, 3.8) is 0 Å². The van der Waals surface area contributed by atoms with Crippen molar-refractivity contribution >= 4 is 17.9 Å². The Bertz CT molecular complexity index is 938. The standard InChI is InChI=1S/C49H88O6/c1-4-7-10-13-16-19-22-25-28-30-33-36-39-42-48(51)54-45-46(55-49(52)43-40-37-34-31-27-24-21-18-15-12-9-6-3)44-53-47(50)41-38-35-32-29-26-23-20-17-14-11-8-5-2/h7,10,16,19,25,28,46H,4-6,8-9,11-15,17-18,20-24,26-27,29-45H2,1-3H3/b10-7-,19-16-,28-25-. The van der Waals surface area contributed by atoms with E-state index in [0.29, 0.717) is 19.3 Å². The van der Waals surface area contributed by atoms with Gasteiger partial charge in [-0.1, -0.05) is 205 Å². The maximum absolute atomic E-state index is 12.7. The SMILES string of the molecule is CC/C=C\C/C=C\C/C=C\CCCCCC(=O)OCC(COC(=O)CCCCCCCCCCCCCC)OC(=O)CCCCCCCCCCCCCC. The number of allylic oxidation sites excluding steroid dienone is 6. The zero-order chi connectivity index (χ0) is 40.1. The summed E-state index contributed by atoms with van der Waals surface area (Å²) in [6.07, 6.45) is 49.8. The van der Waals surface area contributed by atoms with Gasteiger partial charge in [0.25, 0.3) is 0 Å². The molecule has 0 fully saturated rings. The van der Waals surface area contributed by atoms with E-state index in [-0.39, 0.29) is 31.1 Å². The van der Waals surface area contributed by atoms with Crippen molar-refractivity contribution in [1.82, 2.24) is 0 Å². The van der Waals surface area contributed by atoms with Crippen LogP contribution in [0.5, 0.6) is 0 Å². The van der Waals surface area contributed by atoms with Gasteiger partial charge in [-0.3, -0.25) is 14.4 Å². The van der Waals surface area contributed by atoms with Gasteiger partial charge in [-0.25, -0.2) is 0 Å². The molecule has 320 valence electrons. The van der Waals surface area contributed by atoms with Gasteiger partial charge >= 0.3 is 17.9 Å². The first kappa shape index (κ1) is 52.6. The van der Waals surface area contributed by atoms with Crippen LogP contribution >= 0.6 is 0 Å². The molecule has 0 saturated carbocycles. The van der Waals surface area contributed by atoms with Gasteiger partial charge in [0.2, 0.25) is 0 Å². The second-order valence-corrected chi connectivity index (χ2v) is 15.6. The van der Waals surface area contributed by atoms with E-state index in [4.69, 9.17) is 14.2 Å². The van der Waals surface area contributed by atoms with Gasteiger partial charge in [-0.05, 0) is 51.4 Å². The van der Waals surface area contributed by atoms with Crippen molar-refractivity contribution in [2.24, 2.45) is 0 Å². The molecule has 0 radical (unpaired) electrons. The predicted molar refractivity (Wildman–Crippen MR) is 233 cm³/mol. The second-order valence-electron chi connectivity index (χ2n) is 15.6. The third kappa shape index (κ3) is 42.6. The summed E-state index contributed by atoms with van der Waals surface area (Å²) in [5.74, 6) is -0.903. The van der Waals surface area contributed by atoms with Crippen molar-refractivity contribution in [1.29, 1.82) is 0 Å². The van der Waals surface area contributed by atoms with Crippen LogP contribution in [-0.4, -0.2) is 37.2 Å². The van der Waals surface area contributed by atoms with Crippen LogP contribution in [0.3, 0.4) is 0 Å². The van der Waals surface area contributed by atoms with Crippen molar-refractivity contribution < 1.29 is 28.6 Å². The summed E-state index contributed by atoms with van der Waals surface area (Å²) in [5, 5.41) is 0. The van der Waals surface area contributed by atoms with Gasteiger partial charge in [-0.15, -0.1) is 0 Å². The van der Waals surface area contributed by atoms with Crippen LogP contribution in [0.25, 0.3) is 0 Å². The van der Waals surface area contributed by atoms with Crippen molar-refractivity contribution in [3.05, 3.63) is 36.5 Å². The molecule has 0 N–H and O–H groups in total. The summed E-state index contributed by atoms with van der Waals surface area (Å²) in [5.41, 5.74) is 0. The van der Waals surface area contributed by atoms with E-state index < -0.39 is 6.10 Å². The zero-order valence-corrected chi connectivity index (χ0v) is 36.4. The third-order valence-electron chi connectivity index (χ3n) is 10.2. The summed E-state index contributed by atoms with van der Waals surface area (Å²) in [6, 6.07) is 0. The van der Waals surface area contributed by atoms with E-state index in [1.54, 1.807) is 0 Å². The molecular formula is C49H88O6. The number of rotatable bonds is 42. The Labute approximate surface area is 340 Å². The number of esters is 3. The molecule has 0 aromatic rings. The van der Waals surface area contributed by atoms with Crippen LogP contribution in [0, 0.1) is 0 Å². The Balaban J connectivity index is 4.40. The zero-order valence-electron chi connectivity index (χ0n) is 36.4. The molecule has 1 unspecified atom stereocenters. The molecule has 55 heavy (non-hydrogen) atoms. The molecule has 0 saturated heterocycles. The lowest BCUT2D eigenvalue weighted by molar-refractivity contribution is -0.167. The molecule has 0 bridgehead atoms. The fourth-order valence-corrected chi connectivity index (χ4v) is 6.63. The van der Waals surface area contributed by atoms with E-state index in [0.717, 1.165) is 83.5 Å². The first-order valence-corrected chi connectivity index (χ1v) is 23.5. The van der Waals surface area contributed by atoms with Crippen LogP contribution in [0.1, 0.15) is 239 Å². The van der Waals surface area contributed by atoms with E-state index in [1.807, 2.05) is 0 Å². The first-order valence-electron chi connectivity index (χ1n) is 23.5. The molecule has 0 aromatic heterocycles. The highest BCUT2D eigenvalue weighted by molar-refractivity contribution is 5.71. The number of hydrogen-bond donors (Lipinski definition) is 0. The Morgan fingerprint density at radius 1 is 0.382 bits per heavy atom. The van der Waals surface area contributed by atoms with Gasteiger partial charge in [0, 0.05) is 19.3 Å². The van der Waals surface area contributed by atoms with Gasteiger partial charge < -0.3 is 14.2 Å². The summed E-state index contributed by atoms with van der Waals surface area (Å²) in [7, 11) is 0. The van der Waals surface area contributed by atoms with E-state index in [9.17, 15) is 14.4 Å². The van der Waals surface area contributed by atoms with E-state index >= 15 is 0 Å². The van der Waals surface area contributed by atoms with Gasteiger partial charge in [-0.2, -0.15) is 0 Å². The van der Waals surface area contributed by atoms with Gasteiger partial charge in [0.1, 0.15) is 13.2 Å². The van der Waals surface area contributed by atoms with Crippen molar-refractivity contribution in [3.8, 4) is 0 Å². The van der Waals surface area contributed by atoms with Crippen LogP contribution in [0.15, 0.2) is 36.5 Å². The quantitative estimate of drug-likeness (QED) is 0.0266. The smallest absolute Gasteiger partial charge is 0.306 e. The first-order chi connectivity index (χ1) is 27.0. The Morgan fingerprint density at radius 3 is 1.11 bits per heavy atom. The minimum Gasteiger partial charge on any atom is -0.462 e. The normalized spacial score (nSPS) is 12.3. The number of ether oxygens (including phenoxy) is 3. The number of unbranched alkanes of at least 4 members (excludes halogenated alkanes) is 25. The molecule has 0 spiro atoms. The monoisotopic (exact) mass is 773 g/mol. The highest BCUT2D eigenvalue weighted by Gasteiger charge is 2.19. The average Bonchev–Trinajstić information content (AvgIpc) is 3.18. The molecular weight excluding hydrogens is 685 g/mol. The lowest BCUT2D eigenvalue weighted by Crippen LogP contribution is -2.30. The highest BCUT2D eigenvalue weighted by Crippen LogP contribution is 2.15. The Kier molecular flexibility index (Phi) is 42.4. The minimum absolute atomic E-state index is 0.0779. The van der Waals surface area contributed by atoms with Crippen LogP contribution in [-0.2, 0) is 28.6 Å². The van der Waals surface area contributed by atoms with Gasteiger partial charge in [0.15, 0.2) is 6.10 Å². The topological polar surface area (TPSA) is 78.9 Å². The molecule has 6 heteroatoms. The molecule has 0 amide bonds. The average molecular weight is 773 g/mol. The molecule has 6 nitrogen and oxygen atoms in total. The second kappa shape index (κ2) is 44.3. The Morgan fingerprint density at radius 2 is 0.709 bits per heavy atom. The fourth-order valence-electron chi connectivity index (χ4n) is 6.63. The molecule has 0 aliphatic rings. The van der Waals surface area contributed by atoms with E-state index in [2.05, 4.69) is 57.2 Å². The molecule has 0 aliphatic carbocycles. The van der Waals surface area contributed by atoms with Crippen LogP contribution in [0.2, 0.25) is 0 Å². The van der Waals surface area contributed by atoms with Crippen molar-refractivity contribution in [2.75, 3.05) is 13.2 Å². The fraction of sp³-hybridized carbons (Fsp3) is 0.816. The lowest BCUT2D eigenvalue weighted by atomic mass is 10.0. The lowest BCUT2D eigenvalue weighted by Gasteiger charge is -2.18. The number of carbonyl (C=O) groups is 3. The molecule has 0 aliphatic heterocycles. The van der Waals surface area contributed by atoms with Crippen molar-refractivity contribution in [2.45, 2.75) is 245 Å². The maximum atomic E-state index is 12.7. The molecule has 0 aromatic carbocycles. The summed E-state index contributed by atoms with van der Waals surface area (Å²) in [4.78, 5) is 37.7. The molecule has 0 rings (SSSR count). The summed E-state index contributed by atoms with van der Waals surface area (Å²) in [6.45, 7) is 6.49. The van der Waals surface area contributed by atoms with Crippen LogP contribution < -0.4 is 0 Å². The maximum Gasteiger partial charge on any atom is 0.306 e. The van der Waals surface area contributed by atoms with E-state index in [1.165, 1.54) is 116 Å². The Hall–Kier alpha value is -2.37. The minimum atomic E-state index is -0.776. The predicted octanol–water partition coefficient (Wildman–Crippen LogP) is 15.0. The summed E-state index contributed by atoms with van der Waals surface area (Å²) >= 11 is 0. The number of carbonyl (C=O) groups excluding carboxylic acids is 3. The molecule has 0 heterocycles. The third-order valence-corrected chi connectivity index (χ3v) is 10.2. The summed E-state index contributed by atoms with van der Waals surface area (Å²) < 4.78 is 16.7. The number of hydrogen-bond acceptors (Lipinski definition) is 6. The largest absolute Gasteiger partial charge is 0.462 e. The van der Waals surface area contributed by atoms with Crippen LogP contribution in [0.4, 0.5) is 0 Å². The van der Waals surface area contributed by atoms with Gasteiger partial charge in [0.05, 0.1) is 0 Å². The molecule has 1 atom stereocenters. The highest BCUT2D eigenvalue weighted by atomic mass is 16.6.